The van der Waals surface area contributed by atoms with Gasteiger partial charge < -0.3 is 9.47 Å². The van der Waals surface area contributed by atoms with E-state index in [9.17, 15) is 0 Å². The van der Waals surface area contributed by atoms with E-state index in [1.807, 2.05) is 18.2 Å². The molecule has 1 saturated carbocycles. The lowest BCUT2D eigenvalue weighted by Gasteiger charge is -2.22. The molecule has 3 heteroatoms. The second kappa shape index (κ2) is 6.89. The number of halogens is 1. The maximum atomic E-state index is 5.90. The summed E-state index contributed by atoms with van der Waals surface area (Å²) in [5.41, 5.74) is 1.05. The molecule has 1 fully saturated rings. The zero-order chi connectivity index (χ0) is 12.8. The SMILES string of the molecule is COc1cc(CCl)ccc1OCC1CCCCC1. The third kappa shape index (κ3) is 3.55. The monoisotopic (exact) mass is 268 g/mol. The third-order valence-corrected chi connectivity index (χ3v) is 3.89. The highest BCUT2D eigenvalue weighted by Crippen LogP contribution is 2.30. The van der Waals surface area contributed by atoms with Crippen molar-refractivity contribution in [1.82, 2.24) is 0 Å². The summed E-state index contributed by atoms with van der Waals surface area (Å²) in [4.78, 5) is 0. The average Bonchev–Trinajstić information content (AvgIpc) is 2.46. The molecule has 0 aliphatic heterocycles. The molecule has 1 aromatic carbocycles. The number of alkyl halides is 1. The second-order valence-corrected chi connectivity index (χ2v) is 5.20. The Balaban J connectivity index is 1.95. The van der Waals surface area contributed by atoms with Crippen molar-refractivity contribution in [1.29, 1.82) is 0 Å². The first-order valence-corrected chi connectivity index (χ1v) is 7.22. The zero-order valence-electron chi connectivity index (χ0n) is 11.0. The largest absolute Gasteiger partial charge is 0.493 e. The van der Waals surface area contributed by atoms with Crippen LogP contribution >= 0.6 is 11.6 Å². The molecule has 0 spiro atoms. The highest BCUT2D eigenvalue weighted by molar-refractivity contribution is 6.17. The summed E-state index contributed by atoms with van der Waals surface area (Å²) in [6.07, 6.45) is 6.65. The Morgan fingerprint density at radius 3 is 2.61 bits per heavy atom. The van der Waals surface area contributed by atoms with Crippen LogP contribution in [-0.2, 0) is 5.88 Å². The van der Waals surface area contributed by atoms with Crippen LogP contribution in [0.25, 0.3) is 0 Å². The minimum absolute atomic E-state index is 0.499. The molecule has 0 saturated heterocycles. The molecule has 0 radical (unpaired) electrons. The van der Waals surface area contributed by atoms with Crippen molar-refractivity contribution >= 4 is 11.6 Å². The van der Waals surface area contributed by atoms with E-state index in [1.165, 1.54) is 32.1 Å². The number of hydrogen-bond donors (Lipinski definition) is 0. The number of ether oxygens (including phenoxy) is 2. The van der Waals surface area contributed by atoms with Gasteiger partial charge in [-0.1, -0.05) is 25.3 Å². The molecule has 0 atom stereocenters. The summed E-state index contributed by atoms with van der Waals surface area (Å²) in [5, 5.41) is 0. The first-order chi connectivity index (χ1) is 8.83. The fraction of sp³-hybridized carbons (Fsp3) is 0.600. The van der Waals surface area contributed by atoms with Crippen molar-refractivity contribution < 1.29 is 9.47 Å². The Morgan fingerprint density at radius 1 is 1.17 bits per heavy atom. The molecule has 0 unspecified atom stereocenters. The normalized spacial score (nSPS) is 16.6. The van der Waals surface area contributed by atoms with E-state index in [1.54, 1.807) is 7.11 Å². The maximum absolute atomic E-state index is 5.90. The Labute approximate surface area is 114 Å². The predicted octanol–water partition coefficient (Wildman–Crippen LogP) is 4.39. The van der Waals surface area contributed by atoms with Gasteiger partial charge in [-0.3, -0.25) is 0 Å². The Hall–Kier alpha value is -0.890. The average molecular weight is 269 g/mol. The molecule has 100 valence electrons. The van der Waals surface area contributed by atoms with Gasteiger partial charge >= 0.3 is 0 Å². The lowest BCUT2D eigenvalue weighted by Crippen LogP contribution is -2.15. The molecule has 2 rings (SSSR count). The number of benzene rings is 1. The molecule has 18 heavy (non-hydrogen) atoms. The van der Waals surface area contributed by atoms with Gasteiger partial charge in [-0.05, 0) is 36.5 Å². The summed E-state index contributed by atoms with van der Waals surface area (Å²) in [7, 11) is 1.67. The Morgan fingerprint density at radius 2 is 1.94 bits per heavy atom. The quantitative estimate of drug-likeness (QED) is 0.737. The van der Waals surface area contributed by atoms with Crippen LogP contribution in [0.1, 0.15) is 37.7 Å². The van der Waals surface area contributed by atoms with E-state index in [2.05, 4.69) is 0 Å². The molecule has 0 bridgehead atoms. The van der Waals surface area contributed by atoms with Crippen LogP contribution < -0.4 is 9.47 Å². The molecule has 0 heterocycles. The van der Waals surface area contributed by atoms with E-state index in [4.69, 9.17) is 21.1 Å². The number of hydrogen-bond acceptors (Lipinski definition) is 2. The minimum Gasteiger partial charge on any atom is -0.493 e. The first-order valence-electron chi connectivity index (χ1n) is 6.69. The predicted molar refractivity (Wildman–Crippen MR) is 74.6 cm³/mol. The molecule has 0 N–H and O–H groups in total. The van der Waals surface area contributed by atoms with Crippen molar-refractivity contribution in [2.24, 2.45) is 5.92 Å². The van der Waals surface area contributed by atoms with Crippen LogP contribution in [0.4, 0.5) is 0 Å². The fourth-order valence-corrected chi connectivity index (χ4v) is 2.64. The van der Waals surface area contributed by atoms with E-state index < -0.39 is 0 Å². The van der Waals surface area contributed by atoms with Crippen LogP contribution in [0.2, 0.25) is 0 Å². The van der Waals surface area contributed by atoms with Gasteiger partial charge in [0.2, 0.25) is 0 Å². The Bertz CT molecular complexity index is 373. The van der Waals surface area contributed by atoms with Gasteiger partial charge in [0.15, 0.2) is 11.5 Å². The molecule has 0 amide bonds. The van der Waals surface area contributed by atoms with Crippen LogP contribution in [0.5, 0.6) is 11.5 Å². The second-order valence-electron chi connectivity index (χ2n) is 4.93. The number of methoxy groups -OCH3 is 1. The van der Waals surface area contributed by atoms with Crippen molar-refractivity contribution in [2.75, 3.05) is 13.7 Å². The van der Waals surface area contributed by atoms with Gasteiger partial charge in [0.05, 0.1) is 13.7 Å². The molecule has 2 nitrogen and oxygen atoms in total. The van der Waals surface area contributed by atoms with E-state index in [-0.39, 0.29) is 0 Å². The highest BCUT2D eigenvalue weighted by atomic mass is 35.5. The standard InChI is InChI=1S/C15H21ClO2/c1-17-15-9-13(10-16)7-8-14(15)18-11-12-5-3-2-4-6-12/h7-9,12H,2-6,10-11H2,1H3. The van der Waals surface area contributed by atoms with Gasteiger partial charge in [0, 0.05) is 5.88 Å². The highest BCUT2D eigenvalue weighted by Gasteiger charge is 2.15. The van der Waals surface area contributed by atoms with E-state index in [0.29, 0.717) is 11.8 Å². The topological polar surface area (TPSA) is 18.5 Å². The first kappa shape index (κ1) is 13.5. The lowest BCUT2D eigenvalue weighted by molar-refractivity contribution is 0.202. The van der Waals surface area contributed by atoms with Crippen molar-refractivity contribution in [3.8, 4) is 11.5 Å². The van der Waals surface area contributed by atoms with Crippen LogP contribution in [-0.4, -0.2) is 13.7 Å². The molecular weight excluding hydrogens is 248 g/mol. The lowest BCUT2D eigenvalue weighted by atomic mass is 9.90. The van der Waals surface area contributed by atoms with E-state index >= 15 is 0 Å². The molecule has 1 aromatic rings. The summed E-state index contributed by atoms with van der Waals surface area (Å²) >= 11 is 5.81. The summed E-state index contributed by atoms with van der Waals surface area (Å²) < 4.78 is 11.2. The minimum atomic E-state index is 0.499. The maximum Gasteiger partial charge on any atom is 0.161 e. The molecular formula is C15H21ClO2. The van der Waals surface area contributed by atoms with E-state index in [0.717, 1.165) is 23.7 Å². The zero-order valence-corrected chi connectivity index (χ0v) is 11.7. The van der Waals surface area contributed by atoms with Gasteiger partial charge in [0.1, 0.15) is 0 Å². The van der Waals surface area contributed by atoms with Crippen LogP contribution in [0.15, 0.2) is 18.2 Å². The van der Waals surface area contributed by atoms with Crippen molar-refractivity contribution in [3.05, 3.63) is 23.8 Å². The summed E-state index contributed by atoms with van der Waals surface area (Å²) in [5.74, 6) is 2.82. The molecule has 0 aromatic heterocycles. The molecule has 1 aliphatic rings. The summed E-state index contributed by atoms with van der Waals surface area (Å²) in [6, 6.07) is 5.90. The van der Waals surface area contributed by atoms with Gasteiger partial charge in [-0.2, -0.15) is 0 Å². The van der Waals surface area contributed by atoms with Crippen molar-refractivity contribution in [3.63, 3.8) is 0 Å². The summed E-state index contributed by atoms with van der Waals surface area (Å²) in [6.45, 7) is 0.802. The Kier molecular flexibility index (Phi) is 5.18. The fourth-order valence-electron chi connectivity index (χ4n) is 2.48. The van der Waals surface area contributed by atoms with Crippen LogP contribution in [0.3, 0.4) is 0 Å². The van der Waals surface area contributed by atoms with Crippen molar-refractivity contribution in [2.45, 2.75) is 38.0 Å². The number of rotatable bonds is 5. The van der Waals surface area contributed by atoms with Gasteiger partial charge in [0.25, 0.3) is 0 Å². The van der Waals surface area contributed by atoms with Gasteiger partial charge in [-0.25, -0.2) is 0 Å². The molecule has 1 aliphatic carbocycles. The van der Waals surface area contributed by atoms with Gasteiger partial charge in [-0.15, -0.1) is 11.6 Å². The third-order valence-electron chi connectivity index (χ3n) is 3.58. The van der Waals surface area contributed by atoms with Crippen LogP contribution in [0, 0.1) is 5.92 Å². The smallest absolute Gasteiger partial charge is 0.161 e.